The van der Waals surface area contributed by atoms with E-state index in [1.165, 1.54) is 11.1 Å². The van der Waals surface area contributed by atoms with Crippen LogP contribution in [0.2, 0.25) is 5.02 Å². The Morgan fingerprint density at radius 2 is 1.96 bits per heavy atom. The van der Waals surface area contributed by atoms with Gasteiger partial charge in [0, 0.05) is 11.1 Å². The molecule has 0 aliphatic heterocycles. The van der Waals surface area contributed by atoms with E-state index in [9.17, 15) is 5.11 Å². The van der Waals surface area contributed by atoms with Crippen LogP contribution < -0.4 is 10.5 Å². The molecule has 0 aromatic heterocycles. The number of halogens is 1. The summed E-state index contributed by atoms with van der Waals surface area (Å²) in [6.07, 6.45) is 3.32. The van der Waals surface area contributed by atoms with Gasteiger partial charge in [-0.05, 0) is 67.0 Å². The molecule has 0 spiro atoms. The van der Waals surface area contributed by atoms with Crippen LogP contribution in [-0.2, 0) is 12.8 Å². The molecule has 1 aliphatic rings. The number of aliphatic hydroxyl groups is 1. The van der Waals surface area contributed by atoms with Gasteiger partial charge in [-0.25, -0.2) is 0 Å². The summed E-state index contributed by atoms with van der Waals surface area (Å²) >= 11 is 6.14. The van der Waals surface area contributed by atoms with Crippen LogP contribution in [-0.4, -0.2) is 23.9 Å². The molecule has 4 heteroatoms. The van der Waals surface area contributed by atoms with E-state index in [-0.39, 0.29) is 18.6 Å². The van der Waals surface area contributed by atoms with Crippen molar-refractivity contribution in [2.45, 2.75) is 37.8 Å². The Balaban J connectivity index is 1.62. The number of fused-ring (bicyclic) bond motifs is 1. The molecule has 0 amide bonds. The van der Waals surface area contributed by atoms with Gasteiger partial charge in [0.1, 0.15) is 18.5 Å². The van der Waals surface area contributed by atoms with Crippen LogP contribution in [0.5, 0.6) is 5.75 Å². The first-order valence-corrected chi connectivity index (χ1v) is 8.90. The number of aliphatic hydroxyl groups excluding tert-OH is 1. The van der Waals surface area contributed by atoms with Crippen molar-refractivity contribution in [1.29, 1.82) is 0 Å². The molecule has 0 saturated carbocycles. The van der Waals surface area contributed by atoms with Crippen molar-refractivity contribution in [3.63, 3.8) is 0 Å². The third-order valence-corrected chi connectivity index (χ3v) is 5.06. The van der Waals surface area contributed by atoms with Gasteiger partial charge in [-0.1, -0.05) is 35.9 Å². The first-order valence-electron chi connectivity index (χ1n) is 8.52. The lowest BCUT2D eigenvalue weighted by molar-refractivity contribution is 0.0645. The lowest BCUT2D eigenvalue weighted by Crippen LogP contribution is -2.45. The highest BCUT2D eigenvalue weighted by atomic mass is 35.5. The molecule has 0 radical (unpaired) electrons. The second kappa shape index (κ2) is 8.02. The van der Waals surface area contributed by atoms with Gasteiger partial charge in [-0.3, -0.25) is 0 Å². The molecule has 0 heterocycles. The third kappa shape index (κ3) is 4.29. The van der Waals surface area contributed by atoms with Gasteiger partial charge >= 0.3 is 0 Å². The Hall–Kier alpha value is -1.55. The van der Waals surface area contributed by atoms with E-state index in [4.69, 9.17) is 22.1 Å². The summed E-state index contributed by atoms with van der Waals surface area (Å²) in [4.78, 5) is 0. The first-order chi connectivity index (χ1) is 11.6. The Morgan fingerprint density at radius 3 is 2.75 bits per heavy atom. The summed E-state index contributed by atoms with van der Waals surface area (Å²) in [6.45, 7) is 0.212. The highest BCUT2D eigenvalue weighted by Crippen LogP contribution is 2.29. The zero-order chi connectivity index (χ0) is 16.9. The van der Waals surface area contributed by atoms with E-state index in [0.717, 1.165) is 36.5 Å². The SMILES string of the molecule is NC(C1CCCc2ccc(Cl)cc2C1)[C@H](O)COc1ccccc1. The monoisotopic (exact) mass is 345 g/mol. The molecule has 3 N–H and O–H groups in total. The Labute approximate surface area is 148 Å². The smallest absolute Gasteiger partial charge is 0.119 e. The predicted molar refractivity (Wildman–Crippen MR) is 97.5 cm³/mol. The number of benzene rings is 2. The molecular formula is C20H24ClNO2. The van der Waals surface area contributed by atoms with Crippen molar-refractivity contribution in [2.75, 3.05) is 6.61 Å². The van der Waals surface area contributed by atoms with Crippen LogP contribution in [0, 0.1) is 5.92 Å². The molecule has 2 aromatic rings. The van der Waals surface area contributed by atoms with Crippen molar-refractivity contribution in [3.8, 4) is 5.75 Å². The average molecular weight is 346 g/mol. The van der Waals surface area contributed by atoms with Crippen molar-refractivity contribution in [1.82, 2.24) is 0 Å². The standard InChI is InChI=1S/C20H24ClNO2/c21-17-10-9-14-5-4-6-15(11-16(14)12-17)20(22)19(23)13-24-18-7-2-1-3-8-18/h1-3,7-10,12,15,19-20,23H,4-6,11,13,22H2/t15?,19-,20?/m1/s1. The van der Waals surface area contributed by atoms with Gasteiger partial charge in [-0.15, -0.1) is 0 Å². The molecule has 2 unspecified atom stereocenters. The minimum Gasteiger partial charge on any atom is -0.491 e. The maximum atomic E-state index is 10.4. The predicted octanol–water partition coefficient (Wildman–Crippen LogP) is 3.60. The summed E-state index contributed by atoms with van der Waals surface area (Å²) in [5.41, 5.74) is 8.97. The molecule has 2 aromatic carbocycles. The fourth-order valence-electron chi connectivity index (χ4n) is 3.42. The summed E-state index contributed by atoms with van der Waals surface area (Å²) in [5.74, 6) is 0.987. The number of para-hydroxylation sites is 1. The maximum absolute atomic E-state index is 10.4. The van der Waals surface area contributed by atoms with Crippen LogP contribution in [0.4, 0.5) is 0 Å². The lowest BCUT2D eigenvalue weighted by atomic mass is 9.87. The quantitative estimate of drug-likeness (QED) is 0.814. The molecule has 128 valence electrons. The number of hydrogen-bond donors (Lipinski definition) is 2. The van der Waals surface area contributed by atoms with Gasteiger partial charge < -0.3 is 15.6 Å². The molecule has 0 bridgehead atoms. The Morgan fingerprint density at radius 1 is 1.17 bits per heavy atom. The summed E-state index contributed by atoms with van der Waals surface area (Å²) in [5, 5.41) is 11.2. The van der Waals surface area contributed by atoms with Gasteiger partial charge in [-0.2, -0.15) is 0 Å². The summed E-state index contributed by atoms with van der Waals surface area (Å²) in [6, 6.07) is 15.3. The highest BCUT2D eigenvalue weighted by Gasteiger charge is 2.28. The number of ether oxygens (including phenoxy) is 1. The van der Waals surface area contributed by atoms with E-state index >= 15 is 0 Å². The zero-order valence-corrected chi connectivity index (χ0v) is 14.5. The number of nitrogens with two attached hydrogens (primary N) is 1. The Bertz CT molecular complexity index is 662. The van der Waals surface area contributed by atoms with Crippen molar-refractivity contribution in [2.24, 2.45) is 11.7 Å². The van der Waals surface area contributed by atoms with Crippen LogP contribution in [0.25, 0.3) is 0 Å². The van der Waals surface area contributed by atoms with E-state index in [2.05, 4.69) is 6.07 Å². The fourth-order valence-corrected chi connectivity index (χ4v) is 3.61. The van der Waals surface area contributed by atoms with Crippen LogP contribution in [0.1, 0.15) is 24.0 Å². The largest absolute Gasteiger partial charge is 0.491 e. The second-order valence-corrected chi connectivity index (χ2v) is 6.97. The molecule has 3 rings (SSSR count). The Kier molecular flexibility index (Phi) is 5.77. The maximum Gasteiger partial charge on any atom is 0.119 e. The van der Waals surface area contributed by atoms with Crippen molar-refractivity contribution >= 4 is 11.6 Å². The van der Waals surface area contributed by atoms with E-state index in [0.29, 0.717) is 0 Å². The molecular weight excluding hydrogens is 322 g/mol. The van der Waals surface area contributed by atoms with Gasteiger partial charge in [0.15, 0.2) is 0 Å². The van der Waals surface area contributed by atoms with E-state index in [1.807, 2.05) is 42.5 Å². The molecule has 1 aliphatic carbocycles. The van der Waals surface area contributed by atoms with Crippen LogP contribution in [0.3, 0.4) is 0 Å². The number of aryl methyl sites for hydroxylation is 1. The van der Waals surface area contributed by atoms with Gasteiger partial charge in [0.2, 0.25) is 0 Å². The minimum atomic E-state index is -0.684. The first kappa shape index (κ1) is 17.3. The topological polar surface area (TPSA) is 55.5 Å². The molecule has 24 heavy (non-hydrogen) atoms. The van der Waals surface area contributed by atoms with Crippen LogP contribution in [0.15, 0.2) is 48.5 Å². The molecule has 0 saturated heterocycles. The molecule has 3 nitrogen and oxygen atoms in total. The van der Waals surface area contributed by atoms with Crippen molar-refractivity contribution in [3.05, 3.63) is 64.7 Å². The van der Waals surface area contributed by atoms with Crippen LogP contribution >= 0.6 is 11.6 Å². The fraction of sp³-hybridized carbons (Fsp3) is 0.400. The normalized spacial score (nSPS) is 19.9. The van der Waals surface area contributed by atoms with E-state index < -0.39 is 6.10 Å². The van der Waals surface area contributed by atoms with Gasteiger partial charge in [0.05, 0.1) is 0 Å². The number of rotatable bonds is 5. The minimum absolute atomic E-state index is 0.212. The lowest BCUT2D eigenvalue weighted by Gasteiger charge is -2.27. The zero-order valence-electron chi connectivity index (χ0n) is 13.7. The van der Waals surface area contributed by atoms with Gasteiger partial charge in [0.25, 0.3) is 0 Å². The molecule has 3 atom stereocenters. The van der Waals surface area contributed by atoms with Crippen molar-refractivity contribution < 1.29 is 9.84 Å². The van der Waals surface area contributed by atoms with E-state index in [1.54, 1.807) is 0 Å². The summed E-state index contributed by atoms with van der Waals surface area (Å²) in [7, 11) is 0. The number of hydrogen-bond acceptors (Lipinski definition) is 3. The average Bonchev–Trinajstić information content (AvgIpc) is 2.81. The second-order valence-electron chi connectivity index (χ2n) is 6.54. The summed E-state index contributed by atoms with van der Waals surface area (Å²) < 4.78 is 5.65. The third-order valence-electron chi connectivity index (χ3n) is 4.82. The molecule has 0 fully saturated rings. The highest BCUT2D eigenvalue weighted by molar-refractivity contribution is 6.30.